The predicted octanol–water partition coefficient (Wildman–Crippen LogP) is 2.90. The molecule has 0 spiro atoms. The van der Waals surface area contributed by atoms with Gasteiger partial charge in [-0.2, -0.15) is 0 Å². The molecule has 1 aliphatic rings. The Morgan fingerprint density at radius 2 is 1.83 bits per heavy atom. The van der Waals surface area contributed by atoms with Crippen molar-refractivity contribution in [3.8, 4) is 5.75 Å². The van der Waals surface area contributed by atoms with Crippen LogP contribution in [0.2, 0.25) is 0 Å². The molecule has 3 rings (SSSR count). The Morgan fingerprint density at radius 3 is 2.67 bits per heavy atom. The summed E-state index contributed by atoms with van der Waals surface area (Å²) >= 11 is 0. The molecule has 0 N–H and O–H groups in total. The van der Waals surface area contributed by atoms with Crippen molar-refractivity contribution in [3.63, 3.8) is 0 Å². The number of aromatic nitrogens is 1. The van der Waals surface area contributed by atoms with Gasteiger partial charge in [-0.1, -0.05) is 30.3 Å². The van der Waals surface area contributed by atoms with Crippen LogP contribution in [0, 0.1) is 0 Å². The second-order valence-corrected chi connectivity index (χ2v) is 5.66. The topological polar surface area (TPSA) is 43.8 Å². The first-order chi connectivity index (χ1) is 11.9. The van der Waals surface area contributed by atoms with Crippen LogP contribution in [0.4, 0.5) is 5.82 Å². The Labute approximate surface area is 143 Å². The van der Waals surface area contributed by atoms with Gasteiger partial charge >= 0.3 is 0 Å². The van der Waals surface area contributed by atoms with Gasteiger partial charge in [-0.25, -0.2) is 4.98 Å². The second-order valence-electron chi connectivity index (χ2n) is 5.66. The Morgan fingerprint density at radius 1 is 1.00 bits per heavy atom. The summed E-state index contributed by atoms with van der Waals surface area (Å²) in [5, 5.41) is 0. The van der Waals surface area contributed by atoms with E-state index in [0.29, 0.717) is 19.8 Å². The van der Waals surface area contributed by atoms with Crippen LogP contribution in [0.15, 0.2) is 48.7 Å². The van der Waals surface area contributed by atoms with Gasteiger partial charge in [-0.05, 0) is 17.7 Å². The number of ether oxygens (including phenoxy) is 3. The smallest absolute Gasteiger partial charge is 0.171 e. The Kier molecular flexibility index (Phi) is 6.45. The van der Waals surface area contributed by atoms with E-state index in [0.717, 1.165) is 44.3 Å². The fourth-order valence-electron chi connectivity index (χ4n) is 2.61. The lowest BCUT2D eigenvalue weighted by Crippen LogP contribution is -2.37. The van der Waals surface area contributed by atoms with Gasteiger partial charge in [-0.3, -0.25) is 0 Å². The summed E-state index contributed by atoms with van der Waals surface area (Å²) in [4.78, 5) is 6.68. The molecule has 5 heteroatoms. The SMILES string of the molecule is c1ccc(COCCCOc2cccnc2N2CCOCC2)cc1. The lowest BCUT2D eigenvalue weighted by atomic mass is 10.2. The van der Waals surface area contributed by atoms with E-state index in [1.54, 1.807) is 6.20 Å². The molecule has 0 amide bonds. The predicted molar refractivity (Wildman–Crippen MR) is 93.5 cm³/mol. The number of hydrogen-bond acceptors (Lipinski definition) is 5. The molecule has 0 radical (unpaired) electrons. The number of benzene rings is 1. The van der Waals surface area contributed by atoms with Gasteiger partial charge in [0.05, 0.1) is 33.0 Å². The molecular formula is C19H24N2O3. The van der Waals surface area contributed by atoms with Crippen molar-refractivity contribution >= 4 is 5.82 Å². The fourth-order valence-corrected chi connectivity index (χ4v) is 2.61. The summed E-state index contributed by atoms with van der Waals surface area (Å²) in [7, 11) is 0. The van der Waals surface area contributed by atoms with Gasteiger partial charge in [0.1, 0.15) is 0 Å². The highest BCUT2D eigenvalue weighted by atomic mass is 16.5. The average Bonchev–Trinajstić information content (AvgIpc) is 2.66. The number of pyridine rings is 1. The van der Waals surface area contributed by atoms with E-state index in [9.17, 15) is 0 Å². The average molecular weight is 328 g/mol. The summed E-state index contributed by atoms with van der Waals surface area (Å²) in [5.41, 5.74) is 1.19. The van der Waals surface area contributed by atoms with Gasteiger partial charge in [0.15, 0.2) is 11.6 Å². The minimum atomic E-state index is 0.623. The highest BCUT2D eigenvalue weighted by molar-refractivity contribution is 5.52. The van der Waals surface area contributed by atoms with E-state index in [1.165, 1.54) is 5.56 Å². The second kappa shape index (κ2) is 9.25. The van der Waals surface area contributed by atoms with Gasteiger partial charge in [0, 0.05) is 25.7 Å². The van der Waals surface area contributed by atoms with Crippen LogP contribution in [0.5, 0.6) is 5.75 Å². The van der Waals surface area contributed by atoms with E-state index < -0.39 is 0 Å². The van der Waals surface area contributed by atoms with Crippen LogP contribution in [0.3, 0.4) is 0 Å². The first-order valence-corrected chi connectivity index (χ1v) is 8.45. The van der Waals surface area contributed by atoms with Crippen molar-refractivity contribution in [2.75, 3.05) is 44.4 Å². The molecule has 0 saturated carbocycles. The first-order valence-electron chi connectivity index (χ1n) is 8.45. The highest BCUT2D eigenvalue weighted by Gasteiger charge is 2.16. The zero-order chi connectivity index (χ0) is 16.5. The van der Waals surface area contributed by atoms with E-state index in [1.807, 2.05) is 30.3 Å². The number of rotatable bonds is 8. The number of nitrogens with zero attached hydrogens (tertiary/aromatic N) is 2. The van der Waals surface area contributed by atoms with Crippen molar-refractivity contribution in [3.05, 3.63) is 54.2 Å². The molecule has 2 heterocycles. The van der Waals surface area contributed by atoms with Crippen LogP contribution >= 0.6 is 0 Å². The van der Waals surface area contributed by atoms with Gasteiger partial charge in [0.2, 0.25) is 0 Å². The highest BCUT2D eigenvalue weighted by Crippen LogP contribution is 2.25. The summed E-state index contributed by atoms with van der Waals surface area (Å²) < 4.78 is 17.0. The van der Waals surface area contributed by atoms with Crippen LogP contribution in [-0.2, 0) is 16.1 Å². The Balaban J connectivity index is 1.40. The molecule has 0 aliphatic carbocycles. The van der Waals surface area contributed by atoms with Gasteiger partial charge < -0.3 is 19.1 Å². The van der Waals surface area contributed by atoms with Crippen molar-refractivity contribution in [1.82, 2.24) is 4.98 Å². The third-order valence-electron chi connectivity index (χ3n) is 3.86. The first kappa shape index (κ1) is 16.7. The van der Waals surface area contributed by atoms with E-state index in [-0.39, 0.29) is 0 Å². The zero-order valence-corrected chi connectivity index (χ0v) is 13.9. The number of hydrogen-bond donors (Lipinski definition) is 0. The van der Waals surface area contributed by atoms with Crippen LogP contribution in [0.1, 0.15) is 12.0 Å². The maximum atomic E-state index is 5.92. The molecule has 0 bridgehead atoms. The number of anilines is 1. The minimum absolute atomic E-state index is 0.623. The van der Waals surface area contributed by atoms with Crippen molar-refractivity contribution < 1.29 is 14.2 Å². The van der Waals surface area contributed by atoms with E-state index in [4.69, 9.17) is 14.2 Å². The molecular weight excluding hydrogens is 304 g/mol. The summed E-state index contributed by atoms with van der Waals surface area (Å²) in [5.74, 6) is 1.74. The van der Waals surface area contributed by atoms with Crippen LogP contribution in [0.25, 0.3) is 0 Å². The molecule has 1 saturated heterocycles. The van der Waals surface area contributed by atoms with E-state index in [2.05, 4.69) is 22.0 Å². The quantitative estimate of drug-likeness (QED) is 0.697. The molecule has 1 aromatic heterocycles. The molecule has 0 unspecified atom stereocenters. The molecule has 0 atom stereocenters. The molecule has 5 nitrogen and oxygen atoms in total. The molecule has 2 aromatic rings. The molecule has 128 valence electrons. The minimum Gasteiger partial charge on any atom is -0.490 e. The third kappa shape index (κ3) is 4.94. The normalized spacial score (nSPS) is 14.6. The lowest BCUT2D eigenvalue weighted by molar-refractivity contribution is 0.107. The molecule has 1 aliphatic heterocycles. The fraction of sp³-hybridized carbons (Fsp3) is 0.421. The largest absolute Gasteiger partial charge is 0.490 e. The molecule has 1 aromatic carbocycles. The third-order valence-corrected chi connectivity index (χ3v) is 3.86. The van der Waals surface area contributed by atoms with Crippen LogP contribution in [-0.4, -0.2) is 44.5 Å². The zero-order valence-electron chi connectivity index (χ0n) is 13.9. The van der Waals surface area contributed by atoms with Gasteiger partial charge in [-0.15, -0.1) is 0 Å². The van der Waals surface area contributed by atoms with Crippen LogP contribution < -0.4 is 9.64 Å². The Bertz CT molecular complexity index is 601. The standard InChI is InChI=1S/C19H24N2O3/c1-2-6-17(7-3-1)16-23-12-5-13-24-18-8-4-9-20-19(18)21-10-14-22-15-11-21/h1-4,6-9H,5,10-16H2. The van der Waals surface area contributed by atoms with E-state index >= 15 is 0 Å². The lowest BCUT2D eigenvalue weighted by Gasteiger charge is -2.29. The Hall–Kier alpha value is -2.11. The maximum Gasteiger partial charge on any atom is 0.171 e. The van der Waals surface area contributed by atoms with Crippen molar-refractivity contribution in [2.24, 2.45) is 0 Å². The number of morpholine rings is 1. The molecule has 24 heavy (non-hydrogen) atoms. The summed E-state index contributed by atoms with van der Waals surface area (Å²) in [6, 6.07) is 14.1. The summed E-state index contributed by atoms with van der Waals surface area (Å²) in [6.45, 7) is 5.14. The molecule has 1 fully saturated rings. The monoisotopic (exact) mass is 328 g/mol. The summed E-state index contributed by atoms with van der Waals surface area (Å²) in [6.07, 6.45) is 2.66. The van der Waals surface area contributed by atoms with Gasteiger partial charge in [0.25, 0.3) is 0 Å². The van der Waals surface area contributed by atoms with Crippen molar-refractivity contribution in [2.45, 2.75) is 13.0 Å². The maximum absolute atomic E-state index is 5.92. The van der Waals surface area contributed by atoms with Crippen molar-refractivity contribution in [1.29, 1.82) is 0 Å².